The fourth-order valence-electron chi connectivity index (χ4n) is 4.54. The number of likely N-dealkylation sites (tertiary alicyclic amines) is 1. The SMILES string of the molecule is O=C(Cc1scc2ccccc12)NC1CCN(CC2=CCCCCCC2)CC1. The van der Waals surface area contributed by atoms with Crippen molar-refractivity contribution < 1.29 is 4.79 Å². The molecule has 1 aromatic heterocycles. The largest absolute Gasteiger partial charge is 0.353 e. The first-order chi connectivity index (χ1) is 13.8. The average Bonchev–Trinajstić information content (AvgIpc) is 3.08. The standard InChI is InChI=1S/C24H32N2OS/c27-24(16-23-22-11-7-6-10-20(22)18-28-23)25-21-12-14-26(15-13-21)17-19-8-4-2-1-3-5-9-19/h6-8,10-11,18,21H,1-5,9,12-17H2,(H,25,27). The quantitative estimate of drug-likeness (QED) is 0.695. The molecule has 2 heterocycles. The molecule has 4 rings (SSSR count). The maximum atomic E-state index is 12.6. The highest BCUT2D eigenvalue weighted by molar-refractivity contribution is 7.11. The van der Waals surface area contributed by atoms with Gasteiger partial charge in [0, 0.05) is 30.6 Å². The lowest BCUT2D eigenvalue weighted by atomic mass is 9.98. The molecule has 2 aliphatic rings. The Morgan fingerprint density at radius 2 is 1.93 bits per heavy atom. The van der Waals surface area contributed by atoms with Crippen molar-refractivity contribution in [3.8, 4) is 0 Å². The summed E-state index contributed by atoms with van der Waals surface area (Å²) in [5.41, 5.74) is 1.65. The van der Waals surface area contributed by atoms with Crippen LogP contribution in [-0.4, -0.2) is 36.5 Å². The Labute approximate surface area is 172 Å². The molecular weight excluding hydrogens is 364 g/mol. The van der Waals surface area contributed by atoms with Gasteiger partial charge in [-0.25, -0.2) is 0 Å². The minimum atomic E-state index is 0.175. The summed E-state index contributed by atoms with van der Waals surface area (Å²) in [5.74, 6) is 0.175. The molecule has 0 spiro atoms. The smallest absolute Gasteiger partial charge is 0.225 e. The zero-order chi connectivity index (χ0) is 19.2. The van der Waals surface area contributed by atoms with Gasteiger partial charge in [-0.05, 0) is 54.7 Å². The maximum Gasteiger partial charge on any atom is 0.225 e. The Kier molecular flexibility index (Phi) is 6.81. The van der Waals surface area contributed by atoms with E-state index in [0.29, 0.717) is 12.5 Å². The minimum absolute atomic E-state index is 0.175. The number of nitrogens with zero attached hydrogens (tertiary/aromatic N) is 1. The van der Waals surface area contributed by atoms with Crippen molar-refractivity contribution in [2.45, 2.75) is 63.8 Å². The molecule has 1 aromatic carbocycles. The predicted octanol–water partition coefficient (Wildman–Crippen LogP) is 5.31. The van der Waals surface area contributed by atoms with Gasteiger partial charge >= 0.3 is 0 Å². The second-order valence-electron chi connectivity index (χ2n) is 8.36. The van der Waals surface area contributed by atoms with Crippen molar-refractivity contribution >= 4 is 28.0 Å². The van der Waals surface area contributed by atoms with Crippen LogP contribution in [0.25, 0.3) is 10.8 Å². The molecule has 3 nitrogen and oxygen atoms in total. The van der Waals surface area contributed by atoms with Crippen LogP contribution in [0.5, 0.6) is 0 Å². The Balaban J connectivity index is 1.23. The number of carbonyl (C=O) groups excluding carboxylic acids is 1. The first kappa shape index (κ1) is 19.7. The number of hydrogen-bond acceptors (Lipinski definition) is 3. The molecule has 150 valence electrons. The molecule has 1 aliphatic carbocycles. The van der Waals surface area contributed by atoms with E-state index >= 15 is 0 Å². The fraction of sp³-hybridized carbons (Fsp3) is 0.542. The van der Waals surface area contributed by atoms with Crippen molar-refractivity contribution in [2.75, 3.05) is 19.6 Å². The predicted molar refractivity (Wildman–Crippen MR) is 119 cm³/mol. The molecule has 0 bridgehead atoms. The van der Waals surface area contributed by atoms with Crippen LogP contribution in [0.4, 0.5) is 0 Å². The molecule has 1 aliphatic heterocycles. The van der Waals surface area contributed by atoms with Gasteiger partial charge in [-0.3, -0.25) is 9.69 Å². The van der Waals surface area contributed by atoms with Gasteiger partial charge in [0.2, 0.25) is 5.91 Å². The highest BCUT2D eigenvalue weighted by Crippen LogP contribution is 2.26. The van der Waals surface area contributed by atoms with Crippen LogP contribution in [0, 0.1) is 0 Å². The number of fused-ring (bicyclic) bond motifs is 1. The van der Waals surface area contributed by atoms with Gasteiger partial charge in [0.05, 0.1) is 6.42 Å². The highest BCUT2D eigenvalue weighted by atomic mass is 32.1. The first-order valence-corrected chi connectivity index (χ1v) is 11.8. The normalized spacial score (nSPS) is 19.8. The van der Waals surface area contributed by atoms with E-state index in [1.54, 1.807) is 16.9 Å². The Morgan fingerprint density at radius 3 is 2.82 bits per heavy atom. The Hall–Kier alpha value is -1.65. The van der Waals surface area contributed by atoms with Crippen molar-refractivity contribution in [3.05, 3.63) is 46.2 Å². The number of hydrogen-bond donors (Lipinski definition) is 1. The number of rotatable bonds is 5. The van der Waals surface area contributed by atoms with Crippen molar-refractivity contribution in [1.29, 1.82) is 0 Å². The molecule has 1 amide bonds. The van der Waals surface area contributed by atoms with Gasteiger partial charge in [-0.1, -0.05) is 48.8 Å². The van der Waals surface area contributed by atoms with Crippen LogP contribution in [-0.2, 0) is 11.2 Å². The zero-order valence-corrected chi connectivity index (χ0v) is 17.6. The summed E-state index contributed by atoms with van der Waals surface area (Å²) in [7, 11) is 0. The lowest BCUT2D eigenvalue weighted by Gasteiger charge is -2.33. The average molecular weight is 397 g/mol. The van der Waals surface area contributed by atoms with Gasteiger partial charge in [0.15, 0.2) is 0 Å². The third-order valence-corrected chi connectivity index (χ3v) is 7.20. The Bertz CT molecular complexity index is 817. The third kappa shape index (κ3) is 5.24. The van der Waals surface area contributed by atoms with E-state index in [0.717, 1.165) is 32.5 Å². The number of nitrogens with one attached hydrogen (secondary N) is 1. The van der Waals surface area contributed by atoms with Gasteiger partial charge in [0.25, 0.3) is 0 Å². The van der Waals surface area contributed by atoms with Gasteiger partial charge < -0.3 is 5.32 Å². The van der Waals surface area contributed by atoms with Crippen LogP contribution in [0.2, 0.25) is 0 Å². The second-order valence-corrected chi connectivity index (χ2v) is 9.32. The topological polar surface area (TPSA) is 32.3 Å². The summed E-state index contributed by atoms with van der Waals surface area (Å²) >= 11 is 1.70. The van der Waals surface area contributed by atoms with E-state index in [1.807, 2.05) is 0 Å². The number of amides is 1. The molecule has 1 fully saturated rings. The Morgan fingerprint density at radius 1 is 1.11 bits per heavy atom. The lowest BCUT2D eigenvalue weighted by Crippen LogP contribution is -2.45. The summed E-state index contributed by atoms with van der Waals surface area (Å²) in [4.78, 5) is 16.3. The molecule has 28 heavy (non-hydrogen) atoms. The van der Waals surface area contributed by atoms with Gasteiger partial charge in [0.1, 0.15) is 0 Å². The van der Waals surface area contributed by atoms with Gasteiger partial charge in [-0.15, -0.1) is 11.3 Å². The van der Waals surface area contributed by atoms with E-state index in [-0.39, 0.29) is 5.91 Å². The maximum absolute atomic E-state index is 12.6. The molecular formula is C24H32N2OS. The molecule has 4 heteroatoms. The molecule has 0 radical (unpaired) electrons. The molecule has 0 unspecified atom stereocenters. The number of thiophene rings is 1. The van der Waals surface area contributed by atoms with E-state index < -0.39 is 0 Å². The number of benzene rings is 1. The molecule has 2 aromatic rings. The van der Waals surface area contributed by atoms with Crippen molar-refractivity contribution in [1.82, 2.24) is 10.2 Å². The molecule has 1 saturated heterocycles. The van der Waals surface area contributed by atoms with Crippen LogP contribution in [0.15, 0.2) is 41.3 Å². The monoisotopic (exact) mass is 396 g/mol. The highest BCUT2D eigenvalue weighted by Gasteiger charge is 2.21. The van der Waals surface area contributed by atoms with Crippen LogP contribution < -0.4 is 5.32 Å². The fourth-order valence-corrected chi connectivity index (χ4v) is 5.54. The van der Waals surface area contributed by atoms with Crippen LogP contribution >= 0.6 is 11.3 Å². The van der Waals surface area contributed by atoms with Crippen molar-refractivity contribution in [3.63, 3.8) is 0 Å². The number of carbonyl (C=O) groups is 1. The van der Waals surface area contributed by atoms with Crippen LogP contribution in [0.3, 0.4) is 0 Å². The minimum Gasteiger partial charge on any atom is -0.353 e. The molecule has 0 atom stereocenters. The number of allylic oxidation sites excluding steroid dienone is 1. The number of piperidine rings is 1. The second kappa shape index (κ2) is 9.71. The van der Waals surface area contributed by atoms with E-state index in [9.17, 15) is 4.79 Å². The van der Waals surface area contributed by atoms with E-state index in [2.05, 4.69) is 45.9 Å². The van der Waals surface area contributed by atoms with E-state index in [4.69, 9.17) is 0 Å². The third-order valence-electron chi connectivity index (χ3n) is 6.17. The summed E-state index contributed by atoms with van der Waals surface area (Å²) in [6, 6.07) is 8.68. The summed E-state index contributed by atoms with van der Waals surface area (Å²) in [6.45, 7) is 3.34. The van der Waals surface area contributed by atoms with Gasteiger partial charge in [-0.2, -0.15) is 0 Å². The first-order valence-electron chi connectivity index (χ1n) is 10.9. The van der Waals surface area contributed by atoms with E-state index in [1.165, 1.54) is 54.2 Å². The summed E-state index contributed by atoms with van der Waals surface area (Å²) in [5, 5.41) is 7.91. The zero-order valence-electron chi connectivity index (χ0n) is 16.8. The molecule has 1 N–H and O–H groups in total. The lowest BCUT2D eigenvalue weighted by molar-refractivity contribution is -0.121. The molecule has 0 saturated carbocycles. The van der Waals surface area contributed by atoms with Crippen LogP contribution in [0.1, 0.15) is 56.2 Å². The van der Waals surface area contributed by atoms with Crippen molar-refractivity contribution in [2.24, 2.45) is 0 Å². The summed E-state index contributed by atoms with van der Waals surface area (Å²) in [6.07, 6.45) is 13.2. The summed E-state index contributed by atoms with van der Waals surface area (Å²) < 4.78 is 0.